The number of anilines is 1. The molecular formula is C16H17N5O3S. The van der Waals surface area contributed by atoms with Crippen LogP contribution >= 0.6 is 11.3 Å². The minimum atomic E-state index is -0.371. The summed E-state index contributed by atoms with van der Waals surface area (Å²) in [5.41, 5.74) is 1.36. The predicted molar refractivity (Wildman–Crippen MR) is 91.3 cm³/mol. The van der Waals surface area contributed by atoms with Crippen LogP contribution in [-0.2, 0) is 24.8 Å². The highest BCUT2D eigenvalue weighted by Gasteiger charge is 2.28. The van der Waals surface area contributed by atoms with Gasteiger partial charge in [0, 0.05) is 30.9 Å². The number of carbonyl (C=O) groups is 2. The van der Waals surface area contributed by atoms with Crippen molar-refractivity contribution in [3.8, 4) is 6.07 Å². The Labute approximate surface area is 148 Å². The summed E-state index contributed by atoms with van der Waals surface area (Å²) in [5.74, 6) is -0.103. The number of thiophene rings is 1. The van der Waals surface area contributed by atoms with E-state index in [9.17, 15) is 14.9 Å². The highest BCUT2D eigenvalue weighted by atomic mass is 32.1. The van der Waals surface area contributed by atoms with E-state index < -0.39 is 0 Å². The molecule has 2 amide bonds. The van der Waals surface area contributed by atoms with Crippen molar-refractivity contribution >= 4 is 28.3 Å². The van der Waals surface area contributed by atoms with Crippen LogP contribution in [-0.4, -0.2) is 39.6 Å². The van der Waals surface area contributed by atoms with Crippen LogP contribution < -0.4 is 5.32 Å². The van der Waals surface area contributed by atoms with Gasteiger partial charge in [0.2, 0.25) is 0 Å². The Morgan fingerprint density at radius 2 is 2.32 bits per heavy atom. The molecule has 0 spiro atoms. The number of nitriles is 1. The maximum absolute atomic E-state index is 12.4. The molecule has 0 bridgehead atoms. The molecule has 0 fully saturated rings. The van der Waals surface area contributed by atoms with E-state index in [1.54, 1.807) is 29.6 Å². The van der Waals surface area contributed by atoms with Crippen molar-refractivity contribution in [3.05, 3.63) is 34.2 Å². The van der Waals surface area contributed by atoms with Crippen molar-refractivity contribution < 1.29 is 14.3 Å². The van der Waals surface area contributed by atoms with Gasteiger partial charge in [-0.3, -0.25) is 4.79 Å². The first-order valence-electron chi connectivity index (χ1n) is 7.80. The van der Waals surface area contributed by atoms with Crippen molar-refractivity contribution in [3.63, 3.8) is 0 Å². The van der Waals surface area contributed by atoms with Gasteiger partial charge in [-0.1, -0.05) is 0 Å². The average molecular weight is 359 g/mol. The van der Waals surface area contributed by atoms with Gasteiger partial charge in [-0.25, -0.2) is 9.78 Å². The van der Waals surface area contributed by atoms with Crippen LogP contribution in [0.2, 0.25) is 0 Å². The zero-order chi connectivity index (χ0) is 18.0. The first kappa shape index (κ1) is 17.0. The monoisotopic (exact) mass is 359 g/mol. The largest absolute Gasteiger partial charge is 0.450 e. The zero-order valence-corrected chi connectivity index (χ0v) is 14.7. The number of fused-ring (bicyclic) bond motifs is 1. The first-order valence-corrected chi connectivity index (χ1v) is 8.61. The lowest BCUT2D eigenvalue weighted by Gasteiger charge is -2.25. The Morgan fingerprint density at radius 1 is 1.52 bits per heavy atom. The molecule has 2 aromatic rings. The summed E-state index contributed by atoms with van der Waals surface area (Å²) in [6.07, 6.45) is 3.41. The molecule has 25 heavy (non-hydrogen) atoms. The number of imidazole rings is 1. The summed E-state index contributed by atoms with van der Waals surface area (Å²) in [6, 6.07) is 2.17. The van der Waals surface area contributed by atoms with Gasteiger partial charge < -0.3 is 19.5 Å². The van der Waals surface area contributed by atoms with Gasteiger partial charge in [0.25, 0.3) is 5.91 Å². The molecule has 130 valence electrons. The molecule has 0 aromatic carbocycles. The molecule has 1 aliphatic heterocycles. The molecule has 8 nitrogen and oxygen atoms in total. The van der Waals surface area contributed by atoms with Crippen LogP contribution in [0.5, 0.6) is 0 Å². The number of aryl methyl sites for hydroxylation is 1. The fourth-order valence-electron chi connectivity index (χ4n) is 2.72. The van der Waals surface area contributed by atoms with E-state index in [4.69, 9.17) is 4.74 Å². The number of amides is 2. The normalized spacial score (nSPS) is 13.1. The number of hydrogen-bond acceptors (Lipinski definition) is 6. The molecule has 1 aliphatic rings. The lowest BCUT2D eigenvalue weighted by molar-refractivity contribution is 0.101. The third kappa shape index (κ3) is 3.21. The number of hydrogen-bond donors (Lipinski definition) is 1. The number of rotatable bonds is 3. The molecule has 0 radical (unpaired) electrons. The van der Waals surface area contributed by atoms with Crippen molar-refractivity contribution in [1.82, 2.24) is 14.5 Å². The minimum absolute atomic E-state index is 0.267. The van der Waals surface area contributed by atoms with Crippen LogP contribution in [0.4, 0.5) is 9.80 Å². The molecule has 0 saturated carbocycles. The van der Waals surface area contributed by atoms with Crippen LogP contribution in [0, 0.1) is 11.3 Å². The molecule has 1 N–H and O–H groups in total. The highest BCUT2D eigenvalue weighted by Crippen LogP contribution is 2.37. The summed E-state index contributed by atoms with van der Waals surface area (Å²) in [5, 5.41) is 12.8. The maximum Gasteiger partial charge on any atom is 0.410 e. The second-order valence-corrected chi connectivity index (χ2v) is 6.61. The quantitative estimate of drug-likeness (QED) is 0.905. The number of aromatic nitrogens is 2. The summed E-state index contributed by atoms with van der Waals surface area (Å²) >= 11 is 1.32. The van der Waals surface area contributed by atoms with Crippen molar-refractivity contribution in [2.75, 3.05) is 18.5 Å². The lowest BCUT2D eigenvalue weighted by atomic mass is 10.0. The third-order valence-corrected chi connectivity index (χ3v) is 5.08. The van der Waals surface area contributed by atoms with E-state index in [1.165, 1.54) is 17.5 Å². The number of ether oxygens (including phenoxy) is 1. The van der Waals surface area contributed by atoms with E-state index in [1.807, 2.05) is 0 Å². The van der Waals surface area contributed by atoms with Gasteiger partial charge in [0.05, 0.1) is 18.7 Å². The fraction of sp³-hybridized carbons (Fsp3) is 0.375. The first-order chi connectivity index (χ1) is 12.0. The standard InChI is InChI=1S/C16H17N5O3S/c1-3-24-16(23)21-6-4-10-11(8-17)15(25-12(10)9-21)19-14(22)13-18-5-7-20(13)2/h5,7H,3-4,6,9H2,1-2H3,(H,19,22). The zero-order valence-electron chi connectivity index (χ0n) is 13.9. The molecule has 0 atom stereocenters. The number of nitrogens with zero attached hydrogens (tertiary/aromatic N) is 4. The van der Waals surface area contributed by atoms with Gasteiger partial charge in [0.1, 0.15) is 11.1 Å². The van der Waals surface area contributed by atoms with E-state index in [-0.39, 0.29) is 17.8 Å². The molecule has 0 aliphatic carbocycles. The summed E-state index contributed by atoms with van der Waals surface area (Å²) < 4.78 is 6.64. The molecule has 2 aromatic heterocycles. The van der Waals surface area contributed by atoms with Crippen LogP contribution in [0.15, 0.2) is 12.4 Å². The van der Waals surface area contributed by atoms with Crippen LogP contribution in [0.3, 0.4) is 0 Å². The molecule has 0 unspecified atom stereocenters. The van der Waals surface area contributed by atoms with Gasteiger partial charge in [-0.2, -0.15) is 5.26 Å². The lowest BCUT2D eigenvalue weighted by Crippen LogP contribution is -2.35. The molecule has 0 saturated heterocycles. The Morgan fingerprint density at radius 3 is 2.96 bits per heavy atom. The maximum atomic E-state index is 12.4. The third-order valence-electron chi connectivity index (χ3n) is 3.95. The van der Waals surface area contributed by atoms with E-state index in [2.05, 4.69) is 16.4 Å². The van der Waals surface area contributed by atoms with Crippen molar-refractivity contribution in [2.24, 2.45) is 7.05 Å². The summed E-state index contributed by atoms with van der Waals surface area (Å²) in [4.78, 5) is 30.8. The Kier molecular flexibility index (Phi) is 4.72. The molecule has 3 rings (SSSR count). The topological polar surface area (TPSA) is 100 Å². The summed E-state index contributed by atoms with van der Waals surface area (Å²) in [7, 11) is 1.73. The van der Waals surface area contributed by atoms with Gasteiger partial charge in [-0.05, 0) is 18.9 Å². The van der Waals surface area contributed by atoms with Crippen molar-refractivity contribution in [1.29, 1.82) is 5.26 Å². The number of carbonyl (C=O) groups excluding carboxylic acids is 2. The summed E-state index contributed by atoms with van der Waals surface area (Å²) in [6.45, 7) is 2.95. The highest BCUT2D eigenvalue weighted by molar-refractivity contribution is 7.16. The van der Waals surface area contributed by atoms with Gasteiger partial charge in [0.15, 0.2) is 5.82 Å². The Bertz CT molecular complexity index is 864. The van der Waals surface area contributed by atoms with Gasteiger partial charge >= 0.3 is 6.09 Å². The molecular weight excluding hydrogens is 342 g/mol. The Hall–Kier alpha value is -2.86. The van der Waals surface area contributed by atoms with Crippen LogP contribution in [0.25, 0.3) is 0 Å². The second kappa shape index (κ2) is 6.94. The smallest absolute Gasteiger partial charge is 0.410 e. The predicted octanol–water partition coefficient (Wildman–Crippen LogP) is 2.12. The molecule has 9 heteroatoms. The fourth-order valence-corrected chi connectivity index (χ4v) is 3.93. The van der Waals surface area contributed by atoms with Crippen molar-refractivity contribution in [2.45, 2.75) is 19.9 Å². The van der Waals surface area contributed by atoms with E-state index >= 15 is 0 Å². The van der Waals surface area contributed by atoms with E-state index in [0.29, 0.717) is 36.7 Å². The second-order valence-electron chi connectivity index (χ2n) is 5.51. The Balaban J connectivity index is 1.84. The minimum Gasteiger partial charge on any atom is -0.450 e. The van der Waals surface area contributed by atoms with E-state index in [0.717, 1.165) is 10.4 Å². The van der Waals surface area contributed by atoms with Crippen LogP contribution in [0.1, 0.15) is 33.5 Å². The molecule has 3 heterocycles. The SMILES string of the molecule is CCOC(=O)N1CCc2c(sc(NC(=O)c3nccn3C)c2C#N)C1. The number of nitrogens with one attached hydrogen (secondary N) is 1. The van der Waals surface area contributed by atoms with Gasteiger partial charge in [-0.15, -0.1) is 11.3 Å². The average Bonchev–Trinajstić information content (AvgIpc) is 3.17.